The van der Waals surface area contributed by atoms with Gasteiger partial charge < -0.3 is 14.6 Å². The van der Waals surface area contributed by atoms with Crippen molar-refractivity contribution >= 4 is 5.91 Å². The predicted molar refractivity (Wildman–Crippen MR) is 85.6 cm³/mol. The van der Waals surface area contributed by atoms with Crippen LogP contribution in [0.3, 0.4) is 0 Å². The van der Waals surface area contributed by atoms with E-state index in [1.165, 1.54) is 4.90 Å². The summed E-state index contributed by atoms with van der Waals surface area (Å²) in [5, 5.41) is 0. The Morgan fingerprint density at radius 2 is 2.25 bits per heavy atom. The van der Waals surface area contributed by atoms with Crippen LogP contribution in [-0.2, 0) is 11.3 Å². The number of H-pyrrole nitrogens is 2. The molecule has 0 aliphatic carbocycles. The molecular weight excluding hydrogens is 312 g/mol. The normalized spacial score (nSPS) is 16.9. The zero-order valence-electron chi connectivity index (χ0n) is 13.0. The van der Waals surface area contributed by atoms with E-state index in [-0.39, 0.29) is 18.2 Å². The Hall–Kier alpha value is -2.74. The number of rotatable bonds is 5. The quantitative estimate of drug-likeness (QED) is 0.818. The van der Waals surface area contributed by atoms with Crippen LogP contribution in [0.2, 0.25) is 0 Å². The second-order valence-corrected chi connectivity index (χ2v) is 5.63. The van der Waals surface area contributed by atoms with Gasteiger partial charge in [-0.15, -0.1) is 0 Å². The number of nitrogens with one attached hydrogen (secondary N) is 2. The lowest BCUT2D eigenvalue weighted by molar-refractivity contribution is 0.0502. The largest absolute Gasteiger partial charge is 0.376 e. The molecule has 2 aromatic rings. The number of hydrogen-bond donors (Lipinski definition) is 2. The molecule has 24 heavy (non-hydrogen) atoms. The number of aromatic amines is 2. The molecule has 1 aliphatic rings. The van der Waals surface area contributed by atoms with Gasteiger partial charge in [0.15, 0.2) is 0 Å². The molecule has 1 saturated heterocycles. The first-order valence-corrected chi connectivity index (χ1v) is 7.76. The fourth-order valence-corrected chi connectivity index (χ4v) is 2.68. The van der Waals surface area contributed by atoms with E-state index in [1.807, 2.05) is 12.1 Å². The third-order valence-corrected chi connectivity index (χ3v) is 3.86. The Bertz CT molecular complexity index is 809. The fraction of sp³-hybridized carbons (Fsp3) is 0.375. The molecule has 2 aromatic heterocycles. The van der Waals surface area contributed by atoms with Crippen molar-refractivity contribution in [1.29, 1.82) is 0 Å². The minimum atomic E-state index is -0.706. The maximum absolute atomic E-state index is 12.8. The lowest BCUT2D eigenvalue weighted by Gasteiger charge is -2.25. The van der Waals surface area contributed by atoms with Gasteiger partial charge in [0.2, 0.25) is 0 Å². The van der Waals surface area contributed by atoms with Gasteiger partial charge in [0.1, 0.15) is 5.56 Å². The molecule has 0 unspecified atom stereocenters. The highest BCUT2D eigenvalue weighted by Crippen LogP contribution is 2.15. The molecule has 1 aliphatic heterocycles. The van der Waals surface area contributed by atoms with Crippen molar-refractivity contribution in [3.8, 4) is 0 Å². The Balaban J connectivity index is 1.85. The minimum Gasteiger partial charge on any atom is -0.376 e. The number of pyridine rings is 1. The van der Waals surface area contributed by atoms with Crippen LogP contribution in [0.25, 0.3) is 0 Å². The smallest absolute Gasteiger partial charge is 0.325 e. The molecule has 3 rings (SSSR count). The van der Waals surface area contributed by atoms with E-state index in [4.69, 9.17) is 4.74 Å². The van der Waals surface area contributed by atoms with Crippen molar-refractivity contribution in [3.05, 3.63) is 62.7 Å². The zero-order valence-corrected chi connectivity index (χ0v) is 13.0. The summed E-state index contributed by atoms with van der Waals surface area (Å²) in [6.07, 6.45) is 4.56. The van der Waals surface area contributed by atoms with Crippen molar-refractivity contribution in [2.75, 3.05) is 13.2 Å². The van der Waals surface area contributed by atoms with Gasteiger partial charge in [-0.1, -0.05) is 6.07 Å². The Morgan fingerprint density at radius 3 is 2.92 bits per heavy atom. The number of carbonyl (C=O) groups excluding carboxylic acids is 1. The summed E-state index contributed by atoms with van der Waals surface area (Å²) < 4.78 is 5.60. The lowest BCUT2D eigenvalue weighted by atomic mass is 10.2. The Labute approximate surface area is 137 Å². The van der Waals surface area contributed by atoms with Gasteiger partial charge in [0, 0.05) is 25.5 Å². The lowest BCUT2D eigenvalue weighted by Crippen LogP contribution is -2.40. The Morgan fingerprint density at radius 1 is 1.38 bits per heavy atom. The van der Waals surface area contributed by atoms with Crippen LogP contribution in [0.5, 0.6) is 0 Å². The molecule has 8 nitrogen and oxygen atoms in total. The molecule has 0 saturated carbocycles. The van der Waals surface area contributed by atoms with Crippen molar-refractivity contribution in [3.63, 3.8) is 0 Å². The molecule has 3 heterocycles. The number of hydrogen-bond acceptors (Lipinski definition) is 5. The second-order valence-electron chi connectivity index (χ2n) is 5.63. The van der Waals surface area contributed by atoms with Crippen LogP contribution in [-0.4, -0.2) is 45.0 Å². The summed E-state index contributed by atoms with van der Waals surface area (Å²) in [6.45, 7) is 1.31. The minimum absolute atomic E-state index is 0.0560. The first kappa shape index (κ1) is 16.1. The molecule has 8 heteroatoms. The summed E-state index contributed by atoms with van der Waals surface area (Å²) in [5.41, 5.74) is -0.748. The van der Waals surface area contributed by atoms with Crippen LogP contribution >= 0.6 is 0 Å². The van der Waals surface area contributed by atoms with Gasteiger partial charge in [-0.2, -0.15) is 0 Å². The average molecular weight is 330 g/mol. The van der Waals surface area contributed by atoms with Gasteiger partial charge in [0.25, 0.3) is 11.5 Å². The summed E-state index contributed by atoms with van der Waals surface area (Å²) >= 11 is 0. The maximum Gasteiger partial charge on any atom is 0.325 e. The Kier molecular flexibility index (Phi) is 4.85. The third kappa shape index (κ3) is 3.77. The number of amides is 1. The molecule has 1 atom stereocenters. The van der Waals surface area contributed by atoms with Crippen molar-refractivity contribution in [2.24, 2.45) is 0 Å². The first-order chi connectivity index (χ1) is 11.6. The number of ether oxygens (including phenoxy) is 1. The van der Waals surface area contributed by atoms with E-state index in [9.17, 15) is 14.4 Å². The monoisotopic (exact) mass is 330 g/mol. The molecule has 1 amide bonds. The number of aromatic nitrogens is 3. The molecular formula is C16H18N4O4. The average Bonchev–Trinajstić information content (AvgIpc) is 3.08. The van der Waals surface area contributed by atoms with Gasteiger partial charge in [-0.3, -0.25) is 19.6 Å². The van der Waals surface area contributed by atoms with E-state index < -0.39 is 17.2 Å². The van der Waals surface area contributed by atoms with Gasteiger partial charge >= 0.3 is 5.69 Å². The van der Waals surface area contributed by atoms with Gasteiger partial charge in [-0.05, 0) is 25.0 Å². The molecule has 0 radical (unpaired) electrons. The van der Waals surface area contributed by atoms with Gasteiger partial charge in [0.05, 0.1) is 18.3 Å². The van der Waals surface area contributed by atoms with E-state index in [0.29, 0.717) is 18.8 Å². The maximum atomic E-state index is 12.8. The predicted octanol–water partition coefficient (Wildman–Crippen LogP) is 0.280. The molecule has 0 aromatic carbocycles. The fourth-order valence-electron chi connectivity index (χ4n) is 2.68. The van der Waals surface area contributed by atoms with E-state index >= 15 is 0 Å². The van der Waals surface area contributed by atoms with Crippen LogP contribution in [0.1, 0.15) is 28.9 Å². The van der Waals surface area contributed by atoms with Crippen molar-refractivity contribution < 1.29 is 9.53 Å². The summed E-state index contributed by atoms with van der Waals surface area (Å²) in [5.74, 6) is -0.464. The van der Waals surface area contributed by atoms with Crippen LogP contribution in [0.15, 0.2) is 40.2 Å². The van der Waals surface area contributed by atoms with Crippen LogP contribution in [0, 0.1) is 0 Å². The van der Waals surface area contributed by atoms with Crippen LogP contribution < -0.4 is 11.2 Å². The summed E-state index contributed by atoms with van der Waals surface area (Å²) in [7, 11) is 0. The van der Waals surface area contributed by atoms with Crippen molar-refractivity contribution in [2.45, 2.75) is 25.5 Å². The highest BCUT2D eigenvalue weighted by molar-refractivity contribution is 5.93. The first-order valence-electron chi connectivity index (χ1n) is 7.76. The number of nitrogens with zero attached hydrogens (tertiary/aromatic N) is 2. The highest BCUT2D eigenvalue weighted by atomic mass is 16.5. The highest BCUT2D eigenvalue weighted by Gasteiger charge is 2.25. The number of carbonyl (C=O) groups is 1. The molecule has 0 spiro atoms. The summed E-state index contributed by atoms with van der Waals surface area (Å²) in [4.78, 5) is 46.0. The SMILES string of the molecule is O=C(c1c[nH]c(=O)[nH]c1=O)N(Cc1ccccn1)C[C@H]1CCCO1. The van der Waals surface area contributed by atoms with Gasteiger partial charge in [-0.25, -0.2) is 4.79 Å². The van der Waals surface area contributed by atoms with E-state index in [1.54, 1.807) is 12.3 Å². The zero-order chi connectivity index (χ0) is 16.9. The van der Waals surface area contributed by atoms with E-state index in [2.05, 4.69) is 15.0 Å². The third-order valence-electron chi connectivity index (χ3n) is 3.86. The van der Waals surface area contributed by atoms with Crippen LogP contribution in [0.4, 0.5) is 0 Å². The topological polar surface area (TPSA) is 108 Å². The molecule has 1 fully saturated rings. The van der Waals surface area contributed by atoms with E-state index in [0.717, 1.165) is 19.0 Å². The molecule has 2 N–H and O–H groups in total. The summed E-state index contributed by atoms with van der Waals surface area (Å²) in [6, 6.07) is 5.44. The standard InChI is InChI=1S/C16H18N4O4/c21-14-13(8-18-16(23)19-14)15(22)20(10-12-5-3-7-24-12)9-11-4-1-2-6-17-11/h1-2,4,6,8,12H,3,5,7,9-10H2,(H2,18,19,21,23)/t12-/m1/s1. The van der Waals surface area contributed by atoms with Crippen molar-refractivity contribution in [1.82, 2.24) is 19.9 Å². The molecule has 0 bridgehead atoms. The second kappa shape index (κ2) is 7.22. The molecule has 126 valence electrons.